The van der Waals surface area contributed by atoms with Crippen LogP contribution in [0.25, 0.3) is 22.3 Å². The van der Waals surface area contributed by atoms with Gasteiger partial charge in [-0.2, -0.15) is 0 Å². The summed E-state index contributed by atoms with van der Waals surface area (Å²) in [6.45, 7) is 0. The molecule has 1 heterocycles. The molecule has 9 nitrogen and oxygen atoms in total. The first-order valence-electron chi connectivity index (χ1n) is 7.38. The van der Waals surface area contributed by atoms with Gasteiger partial charge in [0.25, 0.3) is 0 Å². The molecule has 27 heavy (non-hydrogen) atoms. The Bertz CT molecular complexity index is 1070. The van der Waals surface area contributed by atoms with E-state index in [2.05, 4.69) is 4.74 Å². The summed E-state index contributed by atoms with van der Waals surface area (Å²) in [4.78, 5) is 33.9. The van der Waals surface area contributed by atoms with Crippen molar-refractivity contribution >= 4 is 28.7 Å². The Morgan fingerprint density at radius 2 is 1.89 bits per heavy atom. The van der Waals surface area contributed by atoms with Crippen LogP contribution >= 0.6 is 0 Å². The number of ether oxygens (including phenoxy) is 2. The Labute approximate surface area is 150 Å². The molecule has 10 heteroatoms. The Morgan fingerprint density at radius 3 is 2.44 bits per heavy atom. The predicted octanol–water partition coefficient (Wildman–Crippen LogP) is 3.39. The third-order valence-electron chi connectivity index (χ3n) is 3.69. The second-order valence-corrected chi connectivity index (χ2v) is 5.30. The number of halogens is 1. The molecule has 0 fully saturated rings. The number of primary amides is 1. The number of hydrogen-bond donors (Lipinski definition) is 1. The zero-order valence-electron chi connectivity index (χ0n) is 13.7. The Hall–Kier alpha value is -3.95. The molecule has 0 bridgehead atoms. The van der Waals surface area contributed by atoms with Crippen molar-refractivity contribution in [1.82, 2.24) is 0 Å². The fraction of sp³-hybridized carbons (Fsp3) is 0.0588. The monoisotopic (exact) mass is 374 g/mol. The standard InChI is InChI=1S/C17H11FN2O7/c1-25-13-6-10-12(7-11(13)20(23)24)26-15(8-2-4-9(18)5-3-8)14(10)16(21)27-17(19)22/h2-7H,1H3,(H2,19,22). The minimum atomic E-state index is -1.34. The van der Waals surface area contributed by atoms with Crippen LogP contribution < -0.4 is 10.5 Å². The van der Waals surface area contributed by atoms with Crippen LogP contribution in [0.5, 0.6) is 5.75 Å². The average Bonchev–Trinajstić information content (AvgIpc) is 2.98. The highest BCUT2D eigenvalue weighted by Crippen LogP contribution is 2.40. The summed E-state index contributed by atoms with van der Waals surface area (Å²) < 4.78 is 28.2. The first-order valence-corrected chi connectivity index (χ1v) is 7.38. The molecule has 3 rings (SSSR count). The van der Waals surface area contributed by atoms with E-state index in [1.807, 2.05) is 0 Å². The van der Waals surface area contributed by atoms with E-state index in [1.54, 1.807) is 0 Å². The van der Waals surface area contributed by atoms with Gasteiger partial charge < -0.3 is 19.6 Å². The van der Waals surface area contributed by atoms with Gasteiger partial charge in [-0.25, -0.2) is 14.0 Å². The number of benzene rings is 2. The number of furan rings is 1. The molecule has 2 aromatic carbocycles. The van der Waals surface area contributed by atoms with Gasteiger partial charge in [0.15, 0.2) is 5.75 Å². The molecule has 2 N–H and O–H groups in total. The van der Waals surface area contributed by atoms with Gasteiger partial charge in [-0.15, -0.1) is 0 Å². The molecule has 0 spiro atoms. The maximum absolute atomic E-state index is 13.2. The lowest BCUT2D eigenvalue weighted by molar-refractivity contribution is -0.385. The minimum Gasteiger partial charge on any atom is -0.490 e. The summed E-state index contributed by atoms with van der Waals surface area (Å²) in [5.74, 6) is -1.85. The molecule has 0 radical (unpaired) electrons. The lowest BCUT2D eigenvalue weighted by Gasteiger charge is -2.03. The summed E-state index contributed by atoms with van der Waals surface area (Å²) in [6.07, 6.45) is -1.34. The number of esters is 1. The van der Waals surface area contributed by atoms with Crippen molar-refractivity contribution in [3.63, 3.8) is 0 Å². The normalized spacial score (nSPS) is 10.6. The summed E-state index contributed by atoms with van der Waals surface area (Å²) >= 11 is 0. The van der Waals surface area contributed by atoms with E-state index in [0.717, 1.165) is 18.2 Å². The lowest BCUT2D eigenvalue weighted by Crippen LogP contribution is -2.18. The fourth-order valence-electron chi connectivity index (χ4n) is 2.57. The maximum Gasteiger partial charge on any atom is 0.412 e. The highest BCUT2D eigenvalue weighted by molar-refractivity contribution is 6.11. The average molecular weight is 374 g/mol. The van der Waals surface area contributed by atoms with Crippen molar-refractivity contribution in [2.24, 2.45) is 5.73 Å². The number of nitro groups is 1. The van der Waals surface area contributed by atoms with Crippen molar-refractivity contribution in [2.75, 3.05) is 7.11 Å². The van der Waals surface area contributed by atoms with Gasteiger partial charge in [-0.05, 0) is 30.3 Å². The Morgan fingerprint density at radius 1 is 1.22 bits per heavy atom. The number of amides is 1. The van der Waals surface area contributed by atoms with Gasteiger partial charge in [-0.3, -0.25) is 10.1 Å². The van der Waals surface area contributed by atoms with Crippen molar-refractivity contribution in [3.8, 4) is 17.1 Å². The Balaban J connectivity index is 2.32. The molecule has 138 valence electrons. The van der Waals surface area contributed by atoms with Crippen molar-refractivity contribution in [1.29, 1.82) is 0 Å². The summed E-state index contributed by atoms with van der Waals surface area (Å²) in [6, 6.07) is 7.22. The van der Waals surface area contributed by atoms with Crippen molar-refractivity contribution in [3.05, 3.63) is 57.9 Å². The van der Waals surface area contributed by atoms with Gasteiger partial charge >= 0.3 is 17.7 Å². The van der Waals surface area contributed by atoms with E-state index >= 15 is 0 Å². The van der Waals surface area contributed by atoms with E-state index in [9.17, 15) is 24.1 Å². The number of carbonyl (C=O) groups is 2. The molecule has 0 atom stereocenters. The zero-order valence-corrected chi connectivity index (χ0v) is 13.7. The fourth-order valence-corrected chi connectivity index (χ4v) is 2.57. The topological polar surface area (TPSA) is 135 Å². The molecule has 0 aliphatic rings. The van der Waals surface area contributed by atoms with Gasteiger partial charge in [0, 0.05) is 10.9 Å². The van der Waals surface area contributed by atoms with E-state index in [1.165, 1.54) is 25.3 Å². The van der Waals surface area contributed by atoms with Crippen LogP contribution in [0.1, 0.15) is 10.4 Å². The number of methoxy groups -OCH3 is 1. The molecular weight excluding hydrogens is 363 g/mol. The highest BCUT2D eigenvalue weighted by Gasteiger charge is 2.28. The quantitative estimate of drug-likeness (QED) is 0.320. The van der Waals surface area contributed by atoms with Gasteiger partial charge in [-0.1, -0.05) is 0 Å². The van der Waals surface area contributed by atoms with E-state index in [-0.39, 0.29) is 39.3 Å². The van der Waals surface area contributed by atoms with Crippen LogP contribution in [0.4, 0.5) is 14.9 Å². The van der Waals surface area contributed by atoms with Gasteiger partial charge in [0.2, 0.25) is 0 Å². The number of nitrogens with zero attached hydrogens (tertiary/aromatic N) is 1. The molecule has 0 aliphatic heterocycles. The van der Waals surface area contributed by atoms with Crippen LogP contribution in [0.2, 0.25) is 0 Å². The van der Waals surface area contributed by atoms with Crippen LogP contribution in [-0.4, -0.2) is 24.1 Å². The van der Waals surface area contributed by atoms with E-state index in [4.69, 9.17) is 14.9 Å². The van der Waals surface area contributed by atoms with Crippen LogP contribution in [0, 0.1) is 15.9 Å². The zero-order chi connectivity index (χ0) is 19.7. The predicted molar refractivity (Wildman–Crippen MR) is 89.8 cm³/mol. The van der Waals surface area contributed by atoms with E-state index in [0.29, 0.717) is 0 Å². The number of hydrogen-bond acceptors (Lipinski definition) is 7. The molecule has 3 aromatic rings. The van der Waals surface area contributed by atoms with Gasteiger partial charge in [0.1, 0.15) is 22.7 Å². The SMILES string of the molecule is COc1cc2c(C(=O)OC(N)=O)c(-c3ccc(F)cc3)oc2cc1[N+](=O)[O-]. The highest BCUT2D eigenvalue weighted by atomic mass is 19.1. The lowest BCUT2D eigenvalue weighted by atomic mass is 10.0. The maximum atomic E-state index is 13.2. The number of rotatable bonds is 4. The molecule has 1 amide bonds. The van der Waals surface area contributed by atoms with Crippen LogP contribution in [-0.2, 0) is 4.74 Å². The summed E-state index contributed by atoms with van der Waals surface area (Å²) in [7, 11) is 1.22. The first kappa shape index (κ1) is 17.9. The van der Waals surface area contributed by atoms with Crippen molar-refractivity contribution in [2.45, 2.75) is 0 Å². The number of carbonyl (C=O) groups excluding carboxylic acids is 2. The number of nitro benzene ring substituents is 1. The Kier molecular flexibility index (Phi) is 4.46. The third kappa shape index (κ3) is 3.27. The van der Waals surface area contributed by atoms with Gasteiger partial charge in [0.05, 0.1) is 18.1 Å². The summed E-state index contributed by atoms with van der Waals surface area (Å²) in [5, 5.41) is 11.3. The molecule has 0 saturated heterocycles. The second-order valence-electron chi connectivity index (χ2n) is 5.30. The van der Waals surface area contributed by atoms with Crippen molar-refractivity contribution < 1.29 is 32.8 Å². The second kappa shape index (κ2) is 6.75. The number of fused-ring (bicyclic) bond motifs is 1. The number of nitrogens with two attached hydrogens (primary N) is 1. The first-order chi connectivity index (χ1) is 12.8. The molecular formula is C17H11FN2O7. The molecule has 0 unspecified atom stereocenters. The molecule has 0 saturated carbocycles. The summed E-state index contributed by atoms with van der Waals surface area (Å²) in [5.41, 5.74) is 4.55. The molecule has 1 aromatic heterocycles. The smallest absolute Gasteiger partial charge is 0.412 e. The minimum absolute atomic E-state index is 0.0294. The van der Waals surface area contributed by atoms with Crippen LogP contribution in [0.15, 0.2) is 40.8 Å². The van der Waals surface area contributed by atoms with E-state index < -0.39 is 22.8 Å². The largest absolute Gasteiger partial charge is 0.490 e. The third-order valence-corrected chi connectivity index (χ3v) is 3.69. The molecule has 0 aliphatic carbocycles. The van der Waals surface area contributed by atoms with Crippen LogP contribution in [0.3, 0.4) is 0 Å².